The lowest BCUT2D eigenvalue weighted by molar-refractivity contribution is -0.150. The van der Waals surface area contributed by atoms with Gasteiger partial charge in [-0.25, -0.2) is 0 Å². The molecule has 0 saturated carbocycles. The number of esters is 2. The molecule has 0 radical (unpaired) electrons. The highest BCUT2D eigenvalue weighted by Gasteiger charge is 2.25. The van der Waals surface area contributed by atoms with Crippen LogP contribution >= 0.6 is 0 Å². The predicted octanol–water partition coefficient (Wildman–Crippen LogP) is 10.1. The molecule has 0 heterocycles. The molecule has 0 saturated heterocycles. The van der Waals surface area contributed by atoms with Crippen LogP contribution in [0.2, 0.25) is 0 Å². The quantitative estimate of drug-likeness (QED) is 0.0402. The first-order valence-electron chi connectivity index (χ1n) is 22.1. The van der Waals surface area contributed by atoms with Gasteiger partial charge >= 0.3 is 11.9 Å². The van der Waals surface area contributed by atoms with Crippen molar-refractivity contribution < 1.29 is 19.1 Å². The monoisotopic (exact) mass is 748 g/mol. The third kappa shape index (κ3) is 24.6. The fourth-order valence-corrected chi connectivity index (χ4v) is 6.89. The molecule has 1 aromatic rings. The summed E-state index contributed by atoms with van der Waals surface area (Å²) in [5.41, 5.74) is 0.265. The van der Waals surface area contributed by atoms with E-state index in [0.29, 0.717) is 37.4 Å². The summed E-state index contributed by atoms with van der Waals surface area (Å²) in [6.45, 7) is 10.2. The third-order valence-corrected chi connectivity index (χ3v) is 10.2. The lowest BCUT2D eigenvalue weighted by atomic mass is 10.0. The van der Waals surface area contributed by atoms with Crippen LogP contribution in [-0.4, -0.2) is 69.8 Å². The van der Waals surface area contributed by atoms with Crippen LogP contribution in [0.5, 0.6) is 0 Å². The lowest BCUT2D eigenvalue weighted by Crippen LogP contribution is -2.43. The Hall–Kier alpha value is -2.42. The van der Waals surface area contributed by atoms with Crippen LogP contribution in [0, 0.1) is 0 Å². The van der Waals surface area contributed by atoms with Crippen molar-refractivity contribution in [3.05, 3.63) is 20.4 Å². The zero-order valence-electron chi connectivity index (χ0n) is 35.0. The molecule has 308 valence electrons. The smallest absolute Gasteiger partial charge is 0.306 e. The molecule has 53 heavy (non-hydrogen) atoms. The number of carbonyl (C=O) groups is 2. The first-order chi connectivity index (χ1) is 25.7. The molecule has 1 aromatic carbocycles. The van der Waals surface area contributed by atoms with Crippen molar-refractivity contribution in [3.63, 3.8) is 0 Å². The Balaban J connectivity index is 2.52. The molecule has 1 atom stereocenters. The van der Waals surface area contributed by atoms with Crippen molar-refractivity contribution in [3.8, 4) is 0 Å². The van der Waals surface area contributed by atoms with E-state index < -0.39 is 5.43 Å². The fraction of sp³-hybridized carbons (Fsp3) is 0.864. The molecular formula is C44H81N3O6. The van der Waals surface area contributed by atoms with E-state index in [1.807, 2.05) is 14.1 Å². The van der Waals surface area contributed by atoms with Crippen molar-refractivity contribution >= 4 is 23.3 Å². The topological polar surface area (TPSA) is 105 Å². The third-order valence-electron chi connectivity index (χ3n) is 10.2. The first kappa shape index (κ1) is 48.6. The van der Waals surface area contributed by atoms with E-state index in [1.54, 1.807) is 0 Å². The van der Waals surface area contributed by atoms with Gasteiger partial charge in [0.1, 0.15) is 17.5 Å². The minimum Gasteiger partial charge on any atom is -0.466 e. The Bertz CT molecular complexity index is 1120. The Morgan fingerprint density at radius 1 is 0.566 bits per heavy atom. The number of hydrogen-bond donors (Lipinski definition) is 1. The standard InChI is InChI=1S/C44H81N3O6/c1-6-9-12-16-22-30-38(29-21-13-10-7-2)53-40(49)32-24-18-15-20-26-36-47(42-41(43(50)44(42)51)45-33-28-34-46(4)5)35-25-19-14-17-23-31-39(48)52-37-27-11-8-3/h38,45H,6-37H2,1-5H3. The Morgan fingerprint density at radius 2 is 1.06 bits per heavy atom. The molecule has 1 N–H and O–H groups in total. The van der Waals surface area contributed by atoms with Gasteiger partial charge in [0, 0.05) is 32.5 Å². The van der Waals surface area contributed by atoms with Crippen LogP contribution in [0.25, 0.3) is 0 Å². The normalized spacial score (nSPS) is 12.0. The maximum atomic E-state index is 12.8. The summed E-state index contributed by atoms with van der Waals surface area (Å²) < 4.78 is 11.3. The summed E-state index contributed by atoms with van der Waals surface area (Å²) in [6, 6.07) is 0. The van der Waals surface area contributed by atoms with Crippen molar-refractivity contribution in [2.75, 3.05) is 57.1 Å². The van der Waals surface area contributed by atoms with Gasteiger partial charge in [0.15, 0.2) is 0 Å². The van der Waals surface area contributed by atoms with E-state index in [4.69, 9.17) is 9.47 Å². The Labute approximate surface area is 324 Å². The maximum Gasteiger partial charge on any atom is 0.306 e. The van der Waals surface area contributed by atoms with Gasteiger partial charge < -0.3 is 24.6 Å². The summed E-state index contributed by atoms with van der Waals surface area (Å²) in [4.78, 5) is 54.3. The van der Waals surface area contributed by atoms with Gasteiger partial charge in [0.2, 0.25) is 0 Å². The van der Waals surface area contributed by atoms with Crippen molar-refractivity contribution in [2.45, 2.75) is 200 Å². The maximum absolute atomic E-state index is 12.8. The molecule has 0 fully saturated rings. The molecule has 1 rings (SSSR count). The molecule has 9 nitrogen and oxygen atoms in total. The second-order valence-electron chi connectivity index (χ2n) is 15.6. The Morgan fingerprint density at radius 3 is 1.64 bits per heavy atom. The minimum atomic E-state index is -0.400. The van der Waals surface area contributed by atoms with Gasteiger partial charge in [0.25, 0.3) is 10.9 Å². The summed E-state index contributed by atoms with van der Waals surface area (Å²) >= 11 is 0. The second kappa shape index (κ2) is 33.0. The van der Waals surface area contributed by atoms with Crippen LogP contribution in [0.3, 0.4) is 0 Å². The Kier molecular flexibility index (Phi) is 30.2. The zero-order chi connectivity index (χ0) is 38.9. The van der Waals surface area contributed by atoms with Crippen LogP contribution in [0.15, 0.2) is 9.59 Å². The number of hydrogen-bond acceptors (Lipinski definition) is 9. The highest BCUT2D eigenvalue weighted by Crippen LogP contribution is 2.23. The molecule has 0 aliphatic heterocycles. The molecule has 9 heteroatoms. The molecule has 0 amide bonds. The van der Waals surface area contributed by atoms with Crippen LogP contribution < -0.4 is 21.1 Å². The second-order valence-corrected chi connectivity index (χ2v) is 15.6. The molecule has 0 spiro atoms. The molecule has 0 aliphatic carbocycles. The van der Waals surface area contributed by atoms with E-state index >= 15 is 0 Å². The SMILES string of the molecule is CCCCCCCC(CCCCCC)OC(=O)CCCCCCCN(CCCCCCCC(=O)OCCCCC)c1c(NCCCN(C)C)c(=O)c1=O. The molecule has 0 aliphatic rings. The van der Waals surface area contributed by atoms with E-state index in [9.17, 15) is 19.2 Å². The van der Waals surface area contributed by atoms with E-state index in [1.165, 1.54) is 44.9 Å². The number of anilines is 2. The van der Waals surface area contributed by atoms with Gasteiger partial charge in [0.05, 0.1) is 6.61 Å². The van der Waals surface area contributed by atoms with Crippen molar-refractivity contribution in [2.24, 2.45) is 0 Å². The molecule has 1 unspecified atom stereocenters. The fourth-order valence-electron chi connectivity index (χ4n) is 6.89. The number of nitrogens with one attached hydrogen (secondary N) is 1. The molecule has 0 aromatic heterocycles. The van der Waals surface area contributed by atoms with Crippen LogP contribution in [0.1, 0.15) is 194 Å². The van der Waals surface area contributed by atoms with Gasteiger partial charge in [-0.15, -0.1) is 0 Å². The van der Waals surface area contributed by atoms with Gasteiger partial charge in [-0.1, -0.05) is 117 Å². The number of nitrogens with zero attached hydrogens (tertiary/aromatic N) is 2. The number of unbranched alkanes of at least 4 members (excludes halogenated alkanes) is 17. The van der Waals surface area contributed by atoms with Crippen LogP contribution in [-0.2, 0) is 19.1 Å². The van der Waals surface area contributed by atoms with E-state index in [0.717, 1.165) is 135 Å². The summed E-state index contributed by atoms with van der Waals surface area (Å²) in [5.74, 6) is -0.137. The van der Waals surface area contributed by atoms with E-state index in [2.05, 4.69) is 35.9 Å². The predicted molar refractivity (Wildman–Crippen MR) is 223 cm³/mol. The largest absolute Gasteiger partial charge is 0.466 e. The number of ether oxygens (including phenoxy) is 2. The van der Waals surface area contributed by atoms with Crippen molar-refractivity contribution in [1.29, 1.82) is 0 Å². The van der Waals surface area contributed by atoms with E-state index in [-0.39, 0.29) is 23.5 Å². The average molecular weight is 748 g/mol. The zero-order valence-corrected chi connectivity index (χ0v) is 35.0. The average Bonchev–Trinajstić information content (AvgIpc) is 3.14. The minimum absolute atomic E-state index is 0.0433. The summed E-state index contributed by atoms with van der Waals surface area (Å²) in [7, 11) is 4.05. The summed E-state index contributed by atoms with van der Waals surface area (Å²) in [6.07, 6.45) is 27.6. The van der Waals surface area contributed by atoms with Gasteiger partial charge in [-0.2, -0.15) is 0 Å². The van der Waals surface area contributed by atoms with Gasteiger partial charge in [-0.05, 0) is 84.8 Å². The lowest BCUT2D eigenvalue weighted by Gasteiger charge is -2.28. The highest BCUT2D eigenvalue weighted by molar-refractivity contribution is 5.75. The van der Waals surface area contributed by atoms with Gasteiger partial charge in [-0.3, -0.25) is 19.2 Å². The number of rotatable bonds is 38. The van der Waals surface area contributed by atoms with Crippen molar-refractivity contribution in [1.82, 2.24) is 4.90 Å². The molecule has 0 bridgehead atoms. The number of carbonyl (C=O) groups excluding carboxylic acids is 2. The summed E-state index contributed by atoms with van der Waals surface area (Å²) in [5, 5.41) is 3.27. The molecular weight excluding hydrogens is 666 g/mol. The highest BCUT2D eigenvalue weighted by atomic mass is 16.5. The first-order valence-corrected chi connectivity index (χ1v) is 22.1. The van der Waals surface area contributed by atoms with Crippen LogP contribution in [0.4, 0.5) is 11.4 Å².